The number of H-pyrrole nitrogens is 1. The molecule has 0 fully saturated rings. The maximum Gasteiger partial charge on any atom is 0.178 e. The number of pyridine rings is 1. The molecule has 6 heteroatoms. The van der Waals surface area contributed by atoms with E-state index in [9.17, 15) is 0 Å². The van der Waals surface area contributed by atoms with Gasteiger partial charge in [0.2, 0.25) is 0 Å². The first-order valence-electron chi connectivity index (χ1n) is 6.66. The van der Waals surface area contributed by atoms with Crippen molar-refractivity contribution in [3.63, 3.8) is 0 Å². The molecule has 0 amide bonds. The van der Waals surface area contributed by atoms with Gasteiger partial charge in [-0.05, 0) is 18.3 Å². The number of benzene rings is 1. The lowest BCUT2D eigenvalue weighted by Gasteiger charge is -2.05. The van der Waals surface area contributed by atoms with Crippen molar-refractivity contribution >= 4 is 34.2 Å². The van der Waals surface area contributed by atoms with Crippen molar-refractivity contribution in [3.05, 3.63) is 53.2 Å². The monoisotopic (exact) mass is 295 g/mol. The van der Waals surface area contributed by atoms with Crippen molar-refractivity contribution in [2.45, 2.75) is 6.54 Å². The third-order valence-corrected chi connectivity index (χ3v) is 3.93. The molecule has 1 aromatic carbocycles. The molecule has 4 rings (SSSR count). The molecule has 0 atom stereocenters. The molecular weight excluding hydrogens is 282 g/mol. The summed E-state index contributed by atoms with van der Waals surface area (Å²) in [6, 6.07) is 8.11. The zero-order valence-electron chi connectivity index (χ0n) is 11.4. The maximum atomic E-state index is 5.47. The molecule has 0 radical (unpaired) electrons. The van der Waals surface area contributed by atoms with Crippen LogP contribution < -0.4 is 0 Å². The molecule has 0 saturated carbocycles. The summed E-state index contributed by atoms with van der Waals surface area (Å²) in [6.45, 7) is 0.695. The van der Waals surface area contributed by atoms with E-state index in [1.54, 1.807) is 4.68 Å². The summed E-state index contributed by atoms with van der Waals surface area (Å²) in [5.74, 6) is 0. The van der Waals surface area contributed by atoms with Crippen LogP contribution in [0.4, 0.5) is 0 Å². The third-order valence-electron chi connectivity index (χ3n) is 3.60. The van der Waals surface area contributed by atoms with Crippen LogP contribution in [0.25, 0.3) is 21.9 Å². The normalized spacial score (nSPS) is 11.5. The summed E-state index contributed by atoms with van der Waals surface area (Å²) in [6.07, 6.45) is 5.71. The number of aryl methyl sites for hydroxylation is 1. The van der Waals surface area contributed by atoms with Crippen molar-refractivity contribution in [3.8, 4) is 0 Å². The van der Waals surface area contributed by atoms with Gasteiger partial charge >= 0.3 is 0 Å². The predicted molar refractivity (Wildman–Crippen MR) is 84.7 cm³/mol. The van der Waals surface area contributed by atoms with E-state index in [2.05, 4.69) is 25.7 Å². The number of hydrogen-bond acceptors (Lipinski definition) is 3. The van der Waals surface area contributed by atoms with Crippen LogP contribution in [0, 0.1) is 4.77 Å². The molecule has 0 saturated heterocycles. The van der Waals surface area contributed by atoms with Gasteiger partial charge < -0.3 is 9.55 Å². The van der Waals surface area contributed by atoms with Crippen molar-refractivity contribution in [2.75, 3.05) is 0 Å². The summed E-state index contributed by atoms with van der Waals surface area (Å²) in [5, 5.41) is 5.32. The average molecular weight is 295 g/mol. The topological polar surface area (TPSA) is 51.4 Å². The maximum absolute atomic E-state index is 5.47. The number of hydrogen-bond donors (Lipinski definition) is 1. The molecule has 3 aromatic heterocycles. The fourth-order valence-electron chi connectivity index (χ4n) is 2.68. The Morgan fingerprint density at radius 2 is 2.10 bits per heavy atom. The average Bonchev–Trinajstić information content (AvgIpc) is 3.03. The van der Waals surface area contributed by atoms with Crippen molar-refractivity contribution in [1.29, 1.82) is 0 Å². The van der Waals surface area contributed by atoms with Gasteiger partial charge in [0, 0.05) is 24.2 Å². The smallest absolute Gasteiger partial charge is 0.178 e. The molecule has 5 nitrogen and oxygen atoms in total. The van der Waals surface area contributed by atoms with Gasteiger partial charge in [0.05, 0.1) is 35.5 Å². The van der Waals surface area contributed by atoms with Gasteiger partial charge in [-0.25, -0.2) is 0 Å². The molecule has 0 aliphatic rings. The number of nitrogens with one attached hydrogen (secondary N) is 1. The number of nitrogens with zero attached hydrogens (tertiary/aromatic N) is 4. The summed E-state index contributed by atoms with van der Waals surface area (Å²) < 4.78 is 4.60. The van der Waals surface area contributed by atoms with E-state index in [0.29, 0.717) is 11.3 Å². The molecule has 3 heterocycles. The predicted octanol–water partition coefficient (Wildman–Crippen LogP) is 3.03. The minimum absolute atomic E-state index is 0.695. The van der Waals surface area contributed by atoms with Gasteiger partial charge in [-0.3, -0.25) is 9.67 Å². The van der Waals surface area contributed by atoms with Crippen molar-refractivity contribution < 1.29 is 0 Å². The number of para-hydroxylation sites is 1. The lowest BCUT2D eigenvalue weighted by molar-refractivity contribution is 0.763. The van der Waals surface area contributed by atoms with Crippen LogP contribution in [-0.2, 0) is 13.6 Å². The molecule has 0 aliphatic heterocycles. The molecule has 104 valence electrons. The lowest BCUT2D eigenvalue weighted by atomic mass is 10.2. The summed E-state index contributed by atoms with van der Waals surface area (Å²) in [7, 11) is 1.91. The Labute approximate surface area is 125 Å². The molecule has 4 aromatic rings. The van der Waals surface area contributed by atoms with E-state index >= 15 is 0 Å². The second-order valence-electron chi connectivity index (χ2n) is 5.08. The van der Waals surface area contributed by atoms with Gasteiger partial charge in [-0.2, -0.15) is 5.10 Å². The molecule has 0 bridgehead atoms. The lowest BCUT2D eigenvalue weighted by Crippen LogP contribution is -1.99. The Morgan fingerprint density at radius 3 is 2.90 bits per heavy atom. The van der Waals surface area contributed by atoms with Crippen LogP contribution in [0.15, 0.2) is 42.9 Å². The fraction of sp³-hybridized carbons (Fsp3) is 0.133. The molecule has 0 unspecified atom stereocenters. The number of aromatic amines is 1. The zero-order valence-corrected chi connectivity index (χ0v) is 12.3. The van der Waals surface area contributed by atoms with E-state index < -0.39 is 0 Å². The van der Waals surface area contributed by atoms with E-state index in [1.165, 1.54) is 0 Å². The SMILES string of the molecule is Cn1cc(Cn2c(=S)[nH]c3cnc4ccccc4c32)cn1. The van der Waals surface area contributed by atoms with Crippen LogP contribution in [0.1, 0.15) is 5.56 Å². The highest BCUT2D eigenvalue weighted by atomic mass is 32.1. The molecule has 0 spiro atoms. The summed E-state index contributed by atoms with van der Waals surface area (Å²) in [5.41, 5.74) is 4.14. The Balaban J connectivity index is 2.01. The quantitative estimate of drug-likeness (QED) is 0.578. The number of imidazole rings is 1. The second kappa shape index (κ2) is 4.53. The first kappa shape index (κ1) is 12.3. The van der Waals surface area contributed by atoms with Crippen molar-refractivity contribution in [1.82, 2.24) is 24.3 Å². The Hall–Kier alpha value is -2.47. The molecular formula is C15H13N5S. The van der Waals surface area contributed by atoms with E-state index in [0.717, 1.165) is 27.5 Å². The van der Waals surface area contributed by atoms with E-state index in [1.807, 2.05) is 43.8 Å². The van der Waals surface area contributed by atoms with Gasteiger partial charge in [0.1, 0.15) is 0 Å². The third kappa shape index (κ3) is 1.95. The van der Waals surface area contributed by atoms with Gasteiger partial charge in [-0.1, -0.05) is 18.2 Å². The van der Waals surface area contributed by atoms with Crippen LogP contribution in [0.5, 0.6) is 0 Å². The van der Waals surface area contributed by atoms with Gasteiger partial charge in [-0.15, -0.1) is 0 Å². The molecule has 0 aliphatic carbocycles. The van der Waals surface area contributed by atoms with Gasteiger partial charge in [0.25, 0.3) is 0 Å². The fourth-order valence-corrected chi connectivity index (χ4v) is 2.95. The second-order valence-corrected chi connectivity index (χ2v) is 5.46. The number of aromatic nitrogens is 5. The van der Waals surface area contributed by atoms with Crippen LogP contribution in [-0.4, -0.2) is 24.3 Å². The standard InChI is InChI=1S/C15H13N5S/c1-19-8-10(6-17-19)9-20-14-11-4-2-3-5-12(11)16-7-13(14)18-15(20)21/h2-8H,9H2,1H3,(H,18,21). The Kier molecular flexibility index (Phi) is 2.65. The highest BCUT2D eigenvalue weighted by Crippen LogP contribution is 2.24. The summed E-state index contributed by atoms with van der Waals surface area (Å²) >= 11 is 5.47. The molecule has 1 N–H and O–H groups in total. The van der Waals surface area contributed by atoms with Crippen LogP contribution >= 0.6 is 12.2 Å². The van der Waals surface area contributed by atoms with Gasteiger partial charge in [0.15, 0.2) is 4.77 Å². The summed E-state index contributed by atoms with van der Waals surface area (Å²) in [4.78, 5) is 7.70. The molecule has 21 heavy (non-hydrogen) atoms. The minimum Gasteiger partial charge on any atom is -0.329 e. The first-order valence-corrected chi connectivity index (χ1v) is 7.07. The van der Waals surface area contributed by atoms with Crippen LogP contribution in [0.3, 0.4) is 0 Å². The highest BCUT2D eigenvalue weighted by molar-refractivity contribution is 7.71. The zero-order chi connectivity index (χ0) is 14.4. The number of rotatable bonds is 2. The Morgan fingerprint density at radius 1 is 1.24 bits per heavy atom. The Bertz CT molecular complexity index is 1010. The largest absolute Gasteiger partial charge is 0.329 e. The minimum atomic E-state index is 0.695. The highest BCUT2D eigenvalue weighted by Gasteiger charge is 2.10. The van der Waals surface area contributed by atoms with Crippen LogP contribution in [0.2, 0.25) is 0 Å². The van der Waals surface area contributed by atoms with E-state index in [-0.39, 0.29) is 0 Å². The number of fused-ring (bicyclic) bond motifs is 3. The van der Waals surface area contributed by atoms with E-state index in [4.69, 9.17) is 12.2 Å². The van der Waals surface area contributed by atoms with Crippen molar-refractivity contribution in [2.24, 2.45) is 7.05 Å². The first-order chi connectivity index (χ1) is 10.2.